The molecule has 1 aromatic carbocycles. The van der Waals surface area contributed by atoms with Gasteiger partial charge in [-0.25, -0.2) is 27.8 Å². The van der Waals surface area contributed by atoms with Gasteiger partial charge in [0.1, 0.15) is 18.0 Å². The molecule has 10 heteroatoms. The number of halogens is 3. The van der Waals surface area contributed by atoms with Gasteiger partial charge in [0.2, 0.25) is 5.95 Å². The first-order chi connectivity index (χ1) is 15.5. The minimum atomic E-state index is -1.44. The van der Waals surface area contributed by atoms with Crippen molar-refractivity contribution in [3.63, 3.8) is 0 Å². The number of nitrogens with zero attached hydrogens (tertiary/aromatic N) is 6. The Kier molecular flexibility index (Phi) is 5.44. The summed E-state index contributed by atoms with van der Waals surface area (Å²) in [6.45, 7) is 4.32. The van der Waals surface area contributed by atoms with Gasteiger partial charge < -0.3 is 10.2 Å². The Hall–Kier alpha value is -3.17. The molecule has 7 nitrogen and oxygen atoms in total. The van der Waals surface area contributed by atoms with Crippen LogP contribution in [0.25, 0.3) is 0 Å². The maximum atomic E-state index is 14.4. The Bertz CT molecular complexity index is 1120. The molecule has 0 radical (unpaired) electrons. The van der Waals surface area contributed by atoms with Gasteiger partial charge >= 0.3 is 0 Å². The van der Waals surface area contributed by atoms with Gasteiger partial charge in [0.25, 0.3) is 0 Å². The summed E-state index contributed by atoms with van der Waals surface area (Å²) < 4.78 is 43.3. The Labute approximate surface area is 183 Å². The van der Waals surface area contributed by atoms with E-state index in [1.54, 1.807) is 11.0 Å². The van der Waals surface area contributed by atoms with Crippen LogP contribution in [-0.2, 0) is 6.54 Å². The highest BCUT2D eigenvalue weighted by Crippen LogP contribution is 2.35. The highest BCUT2D eigenvalue weighted by atomic mass is 19.2. The zero-order chi connectivity index (χ0) is 22.2. The number of rotatable bonds is 4. The molecule has 1 unspecified atom stereocenters. The molecule has 32 heavy (non-hydrogen) atoms. The van der Waals surface area contributed by atoms with Crippen LogP contribution in [0.3, 0.4) is 0 Å². The fourth-order valence-corrected chi connectivity index (χ4v) is 4.57. The second kappa shape index (κ2) is 8.40. The predicted octanol–water partition coefficient (Wildman–Crippen LogP) is 3.80. The topological polar surface area (TPSA) is 71.8 Å². The number of fused-ring (bicyclic) bond motifs is 1. The van der Waals surface area contributed by atoms with Crippen LogP contribution in [0.2, 0.25) is 0 Å². The third-order valence-corrected chi connectivity index (χ3v) is 6.26. The van der Waals surface area contributed by atoms with Crippen LogP contribution in [0.1, 0.15) is 48.7 Å². The Morgan fingerprint density at radius 1 is 1.00 bits per heavy atom. The first-order valence-electron chi connectivity index (χ1n) is 10.9. The third kappa shape index (κ3) is 3.89. The van der Waals surface area contributed by atoms with E-state index in [0.29, 0.717) is 24.7 Å². The van der Waals surface area contributed by atoms with Crippen LogP contribution in [-0.4, -0.2) is 43.9 Å². The van der Waals surface area contributed by atoms with E-state index in [1.165, 1.54) is 6.07 Å². The fraction of sp³-hybridized carbons (Fsp3) is 0.455. The first-order valence-corrected chi connectivity index (χ1v) is 10.9. The summed E-state index contributed by atoms with van der Waals surface area (Å²) in [6.07, 6.45) is 4.75. The van der Waals surface area contributed by atoms with Crippen molar-refractivity contribution in [1.82, 2.24) is 24.7 Å². The Morgan fingerprint density at radius 2 is 1.81 bits per heavy atom. The average Bonchev–Trinajstić information content (AvgIpc) is 3.21. The van der Waals surface area contributed by atoms with Crippen LogP contribution in [0.4, 0.5) is 24.9 Å². The molecule has 1 fully saturated rings. The molecule has 2 aliphatic rings. The van der Waals surface area contributed by atoms with Crippen LogP contribution in [0.5, 0.6) is 0 Å². The minimum Gasteiger partial charge on any atom is -0.356 e. The van der Waals surface area contributed by atoms with Crippen molar-refractivity contribution in [3.05, 3.63) is 59.1 Å². The number of hydrogen-bond donors (Lipinski definition) is 1. The van der Waals surface area contributed by atoms with Gasteiger partial charge in [0.15, 0.2) is 17.5 Å². The normalized spacial score (nSPS) is 19.1. The standard InChI is InChI=1S/C22H24F3N7/c1-13-11-18(27-12-26-13)31-9-6-14(7-10-31)28-22-29-21-16(3-2-8-32(21)30-22)15-4-5-17(23)20(25)19(15)24/h4-5,11-12,14,16H,2-3,6-10H2,1H3,(H,28,30). The van der Waals surface area contributed by atoms with E-state index in [0.717, 1.165) is 49.9 Å². The van der Waals surface area contributed by atoms with E-state index < -0.39 is 23.4 Å². The van der Waals surface area contributed by atoms with Gasteiger partial charge in [-0.2, -0.15) is 4.98 Å². The minimum absolute atomic E-state index is 0.122. The summed E-state index contributed by atoms with van der Waals surface area (Å²) in [7, 11) is 0. The molecule has 0 spiro atoms. The maximum absolute atomic E-state index is 14.4. The van der Waals surface area contributed by atoms with Crippen LogP contribution in [0, 0.1) is 24.4 Å². The van der Waals surface area contributed by atoms with Gasteiger partial charge in [-0.05, 0) is 38.7 Å². The van der Waals surface area contributed by atoms with Crippen molar-refractivity contribution in [2.75, 3.05) is 23.3 Å². The lowest BCUT2D eigenvalue weighted by Crippen LogP contribution is -2.39. The number of piperidine rings is 1. The molecule has 1 atom stereocenters. The maximum Gasteiger partial charge on any atom is 0.242 e. The van der Waals surface area contributed by atoms with Crippen molar-refractivity contribution in [3.8, 4) is 0 Å². The smallest absolute Gasteiger partial charge is 0.242 e. The van der Waals surface area contributed by atoms with Crippen molar-refractivity contribution in [2.24, 2.45) is 0 Å². The molecule has 2 aliphatic heterocycles. The average molecular weight is 443 g/mol. The van der Waals surface area contributed by atoms with Crippen molar-refractivity contribution >= 4 is 11.8 Å². The van der Waals surface area contributed by atoms with Crippen molar-refractivity contribution < 1.29 is 13.2 Å². The van der Waals surface area contributed by atoms with E-state index in [9.17, 15) is 13.2 Å². The molecule has 3 aromatic rings. The van der Waals surface area contributed by atoms with E-state index >= 15 is 0 Å². The van der Waals surface area contributed by atoms with Gasteiger partial charge in [-0.15, -0.1) is 5.10 Å². The zero-order valence-electron chi connectivity index (χ0n) is 17.7. The number of nitrogens with one attached hydrogen (secondary N) is 1. The molecule has 4 heterocycles. The summed E-state index contributed by atoms with van der Waals surface area (Å²) >= 11 is 0. The fourth-order valence-electron chi connectivity index (χ4n) is 4.57. The lowest BCUT2D eigenvalue weighted by Gasteiger charge is -2.32. The largest absolute Gasteiger partial charge is 0.356 e. The molecule has 0 aliphatic carbocycles. The highest BCUT2D eigenvalue weighted by Gasteiger charge is 2.30. The van der Waals surface area contributed by atoms with Crippen molar-refractivity contribution in [2.45, 2.75) is 51.1 Å². The molecule has 168 valence electrons. The second-order valence-corrected chi connectivity index (χ2v) is 8.40. The van der Waals surface area contributed by atoms with E-state index in [1.807, 2.05) is 13.0 Å². The zero-order valence-corrected chi connectivity index (χ0v) is 17.7. The summed E-state index contributed by atoms with van der Waals surface area (Å²) in [4.78, 5) is 15.4. The SMILES string of the molecule is Cc1cc(N2CCC(Nc3nc4n(n3)CCCC4c3ccc(F)c(F)c3F)CC2)ncn1. The number of aromatic nitrogens is 5. The molecule has 0 amide bonds. The predicted molar refractivity (Wildman–Crippen MR) is 113 cm³/mol. The molecule has 0 bridgehead atoms. The number of aryl methyl sites for hydroxylation is 2. The molecular formula is C22H24F3N7. The summed E-state index contributed by atoms with van der Waals surface area (Å²) in [6, 6.07) is 4.46. The molecule has 1 saturated heterocycles. The number of anilines is 2. The first kappa shape index (κ1) is 20.7. The van der Waals surface area contributed by atoms with Gasteiger partial charge in [-0.3, -0.25) is 0 Å². The quantitative estimate of drug-likeness (QED) is 0.619. The van der Waals surface area contributed by atoms with Gasteiger partial charge in [-0.1, -0.05) is 6.07 Å². The molecule has 2 aromatic heterocycles. The Balaban J connectivity index is 1.29. The highest BCUT2D eigenvalue weighted by molar-refractivity contribution is 5.40. The molecule has 1 N–H and O–H groups in total. The van der Waals surface area contributed by atoms with Crippen molar-refractivity contribution in [1.29, 1.82) is 0 Å². The Morgan fingerprint density at radius 3 is 2.59 bits per heavy atom. The van der Waals surface area contributed by atoms with Crippen LogP contribution in [0.15, 0.2) is 24.5 Å². The number of benzene rings is 1. The third-order valence-electron chi connectivity index (χ3n) is 6.26. The van der Waals surface area contributed by atoms with E-state index in [2.05, 4.69) is 30.3 Å². The molecule has 5 rings (SSSR count). The second-order valence-electron chi connectivity index (χ2n) is 8.40. The number of hydrogen-bond acceptors (Lipinski definition) is 6. The van der Waals surface area contributed by atoms with Crippen LogP contribution < -0.4 is 10.2 Å². The monoisotopic (exact) mass is 443 g/mol. The summed E-state index contributed by atoms with van der Waals surface area (Å²) in [5.41, 5.74) is 1.06. The lowest BCUT2D eigenvalue weighted by atomic mass is 9.90. The van der Waals surface area contributed by atoms with Gasteiger partial charge in [0, 0.05) is 48.9 Å². The summed E-state index contributed by atoms with van der Waals surface area (Å²) in [5, 5.41) is 7.95. The summed E-state index contributed by atoms with van der Waals surface area (Å²) in [5.74, 6) is -2.22. The van der Waals surface area contributed by atoms with E-state index in [4.69, 9.17) is 0 Å². The van der Waals surface area contributed by atoms with Crippen LogP contribution >= 0.6 is 0 Å². The lowest BCUT2D eigenvalue weighted by molar-refractivity contribution is 0.411. The van der Waals surface area contributed by atoms with E-state index in [-0.39, 0.29) is 11.6 Å². The molecule has 0 saturated carbocycles. The van der Waals surface area contributed by atoms with Gasteiger partial charge in [0.05, 0.1) is 0 Å². The molecular weight excluding hydrogens is 419 g/mol.